The van der Waals surface area contributed by atoms with E-state index in [4.69, 9.17) is 0 Å². The average molecular weight is 579 g/mol. The Morgan fingerprint density at radius 1 is 0.429 bits per heavy atom. The molecule has 1 aromatic carbocycles. The fourth-order valence-electron chi connectivity index (χ4n) is 3.26. The zero-order chi connectivity index (χ0) is 32.3. The summed E-state index contributed by atoms with van der Waals surface area (Å²) >= 11 is 0. The van der Waals surface area contributed by atoms with Crippen molar-refractivity contribution >= 4 is 70.7 Å². The normalized spacial score (nSPS) is 14.7. The van der Waals surface area contributed by atoms with Gasteiger partial charge in [-0.15, -0.1) is 0 Å². The second-order valence-corrected chi connectivity index (χ2v) is 9.08. The Bertz CT molecular complexity index is 1310. The third-order valence-electron chi connectivity index (χ3n) is 5.48. The summed E-state index contributed by atoms with van der Waals surface area (Å²) in [6, 6.07) is 2.71. The smallest absolute Gasteiger partial charge is 0.164 e. The number of allylic oxidation sites excluding steroid dienone is 8. The van der Waals surface area contributed by atoms with Crippen LogP contribution in [-0.2, 0) is 19.2 Å². The van der Waals surface area contributed by atoms with Crippen LogP contribution >= 0.6 is 0 Å². The van der Waals surface area contributed by atoms with Gasteiger partial charge in [0.1, 0.15) is 23.0 Å². The molecule has 0 unspecified atom stereocenters. The molecule has 1 aromatic rings. The standard InChI is InChI=1S/C30H34N4O8/c1-15(35)23(16(2)36)11-31-27-9-29(33-13-25(19(5)39)20(6)40)30(34-14-26(21(7)41)22(8)42)10-28(27)32-12-24(17(3)37)18(4)38/h9-14,35,37,39,41H,1-8H3. The molecule has 0 fully saturated rings. The number of hydrogen-bond donors (Lipinski definition) is 4. The van der Waals surface area contributed by atoms with Crippen molar-refractivity contribution in [1.82, 2.24) is 0 Å². The molecule has 0 heterocycles. The van der Waals surface area contributed by atoms with Crippen LogP contribution in [0.15, 0.2) is 77.4 Å². The van der Waals surface area contributed by atoms with Crippen LogP contribution in [0.5, 0.6) is 0 Å². The van der Waals surface area contributed by atoms with Crippen molar-refractivity contribution in [2.24, 2.45) is 20.0 Å². The Balaban J connectivity index is 4.20. The molecule has 12 heteroatoms. The van der Waals surface area contributed by atoms with Gasteiger partial charge < -0.3 is 20.4 Å². The van der Waals surface area contributed by atoms with Crippen molar-refractivity contribution in [2.45, 2.75) is 55.4 Å². The van der Waals surface area contributed by atoms with Gasteiger partial charge in [0.15, 0.2) is 23.1 Å². The van der Waals surface area contributed by atoms with Crippen LogP contribution in [0.1, 0.15) is 55.4 Å². The number of hydrogen-bond acceptors (Lipinski definition) is 12. The van der Waals surface area contributed by atoms with Crippen molar-refractivity contribution in [3.63, 3.8) is 0 Å². The maximum atomic E-state index is 12.0. The van der Waals surface area contributed by atoms with Gasteiger partial charge in [-0.2, -0.15) is 0 Å². The minimum atomic E-state index is -0.474. The summed E-state index contributed by atoms with van der Waals surface area (Å²) in [6.45, 7) is 10.2. The summed E-state index contributed by atoms with van der Waals surface area (Å²) in [5.41, 5.74) is -0.146. The largest absolute Gasteiger partial charge is 0.512 e. The number of ketones is 4. The summed E-state index contributed by atoms with van der Waals surface area (Å²) in [6.07, 6.45) is 4.41. The topological polar surface area (TPSA) is 199 Å². The molecule has 0 amide bonds. The average Bonchev–Trinajstić information content (AvgIpc) is 2.84. The van der Waals surface area contributed by atoms with Crippen LogP contribution in [0, 0.1) is 0 Å². The minimum Gasteiger partial charge on any atom is -0.512 e. The van der Waals surface area contributed by atoms with E-state index in [1.54, 1.807) is 0 Å². The molecule has 0 aliphatic carbocycles. The number of aliphatic imine (C=N–C) groups is 4. The van der Waals surface area contributed by atoms with Gasteiger partial charge in [-0.3, -0.25) is 39.1 Å². The molecule has 222 valence electrons. The van der Waals surface area contributed by atoms with Crippen LogP contribution < -0.4 is 0 Å². The molecule has 0 bridgehead atoms. The number of carbonyl (C=O) groups is 4. The molecule has 42 heavy (non-hydrogen) atoms. The Labute approximate surface area is 243 Å². The Kier molecular flexibility index (Phi) is 12.8. The molecule has 0 aromatic heterocycles. The van der Waals surface area contributed by atoms with Gasteiger partial charge in [-0.25, -0.2) is 0 Å². The first-order chi connectivity index (χ1) is 19.5. The maximum Gasteiger partial charge on any atom is 0.164 e. The first-order valence-corrected chi connectivity index (χ1v) is 12.4. The Hall–Kier alpha value is -5.26. The van der Waals surface area contributed by atoms with E-state index in [1.165, 1.54) is 67.5 Å². The van der Waals surface area contributed by atoms with Crippen LogP contribution in [0.4, 0.5) is 22.7 Å². The van der Waals surface area contributed by atoms with Crippen molar-refractivity contribution in [3.8, 4) is 0 Å². The van der Waals surface area contributed by atoms with Crippen LogP contribution in [0.3, 0.4) is 0 Å². The van der Waals surface area contributed by atoms with Crippen LogP contribution in [0.25, 0.3) is 0 Å². The predicted octanol–water partition coefficient (Wildman–Crippen LogP) is 6.18. The predicted molar refractivity (Wildman–Crippen MR) is 163 cm³/mol. The molecule has 12 nitrogen and oxygen atoms in total. The van der Waals surface area contributed by atoms with Crippen molar-refractivity contribution in [2.75, 3.05) is 0 Å². The number of Topliss-reactive ketones (excluding diaryl/α,β-unsaturated/α-hetero) is 4. The molecule has 1 rings (SSSR count). The highest BCUT2D eigenvalue weighted by Gasteiger charge is 2.14. The van der Waals surface area contributed by atoms with E-state index >= 15 is 0 Å². The molecule has 0 spiro atoms. The maximum absolute atomic E-state index is 12.0. The lowest BCUT2D eigenvalue weighted by Gasteiger charge is -2.08. The van der Waals surface area contributed by atoms with Gasteiger partial charge in [0, 0.05) is 24.9 Å². The van der Waals surface area contributed by atoms with E-state index in [0.717, 1.165) is 24.9 Å². The lowest BCUT2D eigenvalue weighted by molar-refractivity contribution is -0.114. The van der Waals surface area contributed by atoms with Crippen LogP contribution in [0.2, 0.25) is 0 Å². The molecule has 0 saturated heterocycles. The number of rotatable bonds is 12. The zero-order valence-electron chi connectivity index (χ0n) is 24.7. The lowest BCUT2D eigenvalue weighted by Crippen LogP contribution is -2.02. The summed E-state index contributed by atoms with van der Waals surface area (Å²) < 4.78 is 0. The van der Waals surface area contributed by atoms with Gasteiger partial charge >= 0.3 is 0 Å². The highest BCUT2D eigenvalue weighted by atomic mass is 16.3. The summed E-state index contributed by atoms with van der Waals surface area (Å²) in [4.78, 5) is 65.0. The van der Waals surface area contributed by atoms with Crippen molar-refractivity contribution < 1.29 is 39.6 Å². The van der Waals surface area contributed by atoms with Crippen molar-refractivity contribution in [1.29, 1.82) is 0 Å². The van der Waals surface area contributed by atoms with Gasteiger partial charge in [0.2, 0.25) is 0 Å². The summed E-state index contributed by atoms with van der Waals surface area (Å²) in [5.74, 6) is -3.04. The highest BCUT2D eigenvalue weighted by Crippen LogP contribution is 2.40. The number of benzene rings is 1. The SMILES string of the molecule is CC(=O)C(C=Nc1cc(N=CC(C(C)=O)=C(C)O)c(N=CC(C(C)=O)=C(C)O)cc1N=CC(C(C)=O)=C(C)O)=C(C)O. The van der Waals surface area contributed by atoms with Gasteiger partial charge in [-0.05, 0) is 67.5 Å². The molecule has 0 radical (unpaired) electrons. The molecular weight excluding hydrogens is 544 g/mol. The van der Waals surface area contributed by atoms with E-state index in [-0.39, 0.29) is 68.1 Å². The zero-order valence-corrected chi connectivity index (χ0v) is 24.7. The van der Waals surface area contributed by atoms with Crippen molar-refractivity contribution in [3.05, 3.63) is 57.5 Å². The van der Waals surface area contributed by atoms with E-state index < -0.39 is 23.1 Å². The number of aliphatic hydroxyl groups is 4. The van der Waals surface area contributed by atoms with E-state index in [2.05, 4.69) is 20.0 Å². The molecule has 0 aliphatic rings. The highest BCUT2D eigenvalue weighted by molar-refractivity contribution is 6.16. The van der Waals surface area contributed by atoms with Gasteiger partial charge in [0.25, 0.3) is 0 Å². The first kappa shape index (κ1) is 34.8. The number of carbonyl (C=O) groups excluding carboxylic acids is 4. The van der Waals surface area contributed by atoms with E-state index in [1.807, 2.05) is 0 Å². The molecule has 0 atom stereocenters. The Morgan fingerprint density at radius 3 is 0.714 bits per heavy atom. The molecular formula is C30H34N4O8. The van der Waals surface area contributed by atoms with Gasteiger partial charge in [0.05, 0.1) is 45.0 Å². The van der Waals surface area contributed by atoms with E-state index in [0.29, 0.717) is 0 Å². The summed E-state index contributed by atoms with van der Waals surface area (Å²) in [7, 11) is 0. The molecule has 0 aliphatic heterocycles. The fraction of sp³-hybridized carbons (Fsp3) is 0.267. The third-order valence-corrected chi connectivity index (χ3v) is 5.48. The number of nitrogens with zero attached hydrogens (tertiary/aromatic N) is 4. The lowest BCUT2D eigenvalue weighted by atomic mass is 10.1. The van der Waals surface area contributed by atoms with Crippen LogP contribution in [-0.4, -0.2) is 68.4 Å². The Morgan fingerprint density at radius 2 is 0.595 bits per heavy atom. The molecule has 4 N–H and O–H groups in total. The second-order valence-electron chi connectivity index (χ2n) is 9.08. The summed E-state index contributed by atoms with van der Waals surface area (Å²) in [5, 5.41) is 39.6. The monoisotopic (exact) mass is 578 g/mol. The third kappa shape index (κ3) is 10.0. The number of aliphatic hydroxyl groups excluding tert-OH is 4. The fourth-order valence-corrected chi connectivity index (χ4v) is 3.26. The van der Waals surface area contributed by atoms with Gasteiger partial charge in [-0.1, -0.05) is 0 Å². The quantitative estimate of drug-likeness (QED) is 0.128. The minimum absolute atomic E-state index is 0.0607. The second kappa shape index (κ2) is 15.5. The first-order valence-electron chi connectivity index (χ1n) is 12.4. The molecule has 0 saturated carbocycles. The van der Waals surface area contributed by atoms with E-state index in [9.17, 15) is 39.6 Å².